The Labute approximate surface area is 277 Å². The Morgan fingerprint density at radius 3 is 2.45 bits per heavy atom. The Kier molecular flexibility index (Phi) is 9.01. The summed E-state index contributed by atoms with van der Waals surface area (Å²) in [5, 5.41) is 30.5. The lowest BCUT2D eigenvalue weighted by Crippen LogP contribution is -2.59. The number of carbonyl (C=O) groups is 4. The summed E-state index contributed by atoms with van der Waals surface area (Å²) in [7, 11) is 0. The van der Waals surface area contributed by atoms with Crippen molar-refractivity contribution < 1.29 is 29.0 Å². The topological polar surface area (TPSA) is 169 Å². The van der Waals surface area contributed by atoms with Crippen LogP contribution in [0.3, 0.4) is 0 Å². The lowest BCUT2D eigenvalue weighted by molar-refractivity contribution is -0.146. The van der Waals surface area contributed by atoms with Crippen molar-refractivity contribution >= 4 is 35.2 Å². The zero-order chi connectivity index (χ0) is 34.3. The van der Waals surface area contributed by atoms with E-state index in [1.807, 2.05) is 41.8 Å². The summed E-state index contributed by atoms with van der Waals surface area (Å²) in [4.78, 5) is 57.0. The number of thiophene rings is 1. The van der Waals surface area contributed by atoms with Crippen LogP contribution in [0.1, 0.15) is 60.4 Å². The lowest BCUT2D eigenvalue weighted by atomic mass is 9.85. The van der Waals surface area contributed by atoms with Gasteiger partial charge in [-0.05, 0) is 60.9 Å². The molecule has 2 aliphatic rings. The Morgan fingerprint density at radius 2 is 1.85 bits per heavy atom. The van der Waals surface area contributed by atoms with Crippen LogP contribution in [0.5, 0.6) is 0 Å². The molecule has 3 amide bonds. The van der Waals surface area contributed by atoms with Gasteiger partial charge < -0.3 is 25.4 Å². The van der Waals surface area contributed by atoms with Crippen molar-refractivity contribution in [1.29, 1.82) is 0 Å². The average Bonchev–Trinajstić information content (AvgIpc) is 3.47. The molecular weight excluding hydrogens is 622 g/mol. The van der Waals surface area contributed by atoms with E-state index in [1.165, 1.54) is 15.8 Å². The highest BCUT2D eigenvalue weighted by molar-refractivity contribution is 7.13. The van der Waals surface area contributed by atoms with Gasteiger partial charge in [-0.2, -0.15) is 4.80 Å². The maximum atomic E-state index is 14.3. The van der Waals surface area contributed by atoms with E-state index >= 15 is 0 Å². The summed E-state index contributed by atoms with van der Waals surface area (Å²) < 4.78 is 5.44. The molecule has 3 N–H and O–H groups in total. The minimum atomic E-state index is -1.49. The molecular formula is C33H41N7O6S. The van der Waals surface area contributed by atoms with Gasteiger partial charge in [-0.1, -0.05) is 51.1 Å². The van der Waals surface area contributed by atoms with Gasteiger partial charge in [-0.3, -0.25) is 9.59 Å². The van der Waals surface area contributed by atoms with E-state index in [0.717, 1.165) is 16.0 Å². The first-order valence-corrected chi connectivity index (χ1v) is 16.3. The molecule has 3 heterocycles. The van der Waals surface area contributed by atoms with E-state index in [2.05, 4.69) is 32.6 Å². The molecule has 1 saturated heterocycles. The molecule has 3 aromatic rings. The summed E-state index contributed by atoms with van der Waals surface area (Å²) in [5.41, 5.74) is -1.29. The summed E-state index contributed by atoms with van der Waals surface area (Å²) in [5.74, 6) is -2.37. The number of aliphatic carboxylic acids is 1. The van der Waals surface area contributed by atoms with Gasteiger partial charge in [0.25, 0.3) is 0 Å². The normalized spacial score (nSPS) is 23.1. The van der Waals surface area contributed by atoms with Gasteiger partial charge in [0.2, 0.25) is 17.6 Å². The van der Waals surface area contributed by atoms with Crippen LogP contribution in [0.25, 0.3) is 21.8 Å². The number of nitrogens with zero attached hydrogens (tertiary/aromatic N) is 5. The van der Waals surface area contributed by atoms with Crippen molar-refractivity contribution in [1.82, 2.24) is 35.7 Å². The first-order chi connectivity index (χ1) is 22.0. The molecule has 5 unspecified atom stereocenters. The Balaban J connectivity index is 1.44. The maximum absolute atomic E-state index is 14.3. The van der Waals surface area contributed by atoms with E-state index < -0.39 is 64.5 Å². The molecule has 1 saturated carbocycles. The molecule has 0 radical (unpaired) electrons. The van der Waals surface area contributed by atoms with E-state index in [-0.39, 0.29) is 19.4 Å². The van der Waals surface area contributed by atoms with Crippen molar-refractivity contribution in [3.63, 3.8) is 0 Å². The van der Waals surface area contributed by atoms with Crippen LogP contribution < -0.4 is 10.6 Å². The summed E-state index contributed by atoms with van der Waals surface area (Å²) in [6, 6.07) is 9.07. The number of hydrogen-bond donors (Lipinski definition) is 3. The number of ether oxygens (including phenoxy) is 1. The number of hydrogen-bond acceptors (Lipinski definition) is 9. The van der Waals surface area contributed by atoms with E-state index in [9.17, 15) is 24.3 Å². The highest BCUT2D eigenvalue weighted by Gasteiger charge is 2.61. The summed E-state index contributed by atoms with van der Waals surface area (Å²) in [6.07, 6.45) is 1.03. The number of alkyl carbamates (subject to hydrolysis) is 1. The second-order valence-corrected chi connectivity index (χ2v) is 15.1. The largest absolute Gasteiger partial charge is 0.479 e. The molecule has 1 aliphatic carbocycles. The van der Waals surface area contributed by atoms with Crippen molar-refractivity contribution in [2.24, 2.45) is 11.3 Å². The van der Waals surface area contributed by atoms with Crippen molar-refractivity contribution in [3.8, 4) is 21.8 Å². The van der Waals surface area contributed by atoms with Crippen LogP contribution in [-0.2, 0) is 19.1 Å². The third-order valence-corrected chi connectivity index (χ3v) is 9.27. The number of amides is 3. The van der Waals surface area contributed by atoms with Crippen LogP contribution in [0.15, 0.2) is 54.4 Å². The summed E-state index contributed by atoms with van der Waals surface area (Å²) >= 11 is 1.62. The van der Waals surface area contributed by atoms with Crippen LogP contribution in [0, 0.1) is 11.3 Å². The SMILES string of the molecule is C=CC1CC1(NC(=O)C1CC(n2nnc(-c3cccc(-c4cccs4)c3)n2)CN1C(=O)C(NC(=O)OC(C)(C)C)C(C)(C)C)C(=O)O. The number of rotatable bonds is 9. The number of nitrogens with one attached hydrogen (secondary N) is 2. The number of likely N-dealkylation sites (tertiary alicyclic amines) is 1. The predicted molar refractivity (Wildman–Crippen MR) is 175 cm³/mol. The lowest BCUT2D eigenvalue weighted by Gasteiger charge is -2.36. The average molecular weight is 664 g/mol. The fraction of sp³-hybridized carbons (Fsp3) is 0.485. The van der Waals surface area contributed by atoms with Gasteiger partial charge in [-0.25, -0.2) is 9.59 Å². The number of aromatic nitrogens is 4. The van der Waals surface area contributed by atoms with Gasteiger partial charge in [-0.15, -0.1) is 28.1 Å². The van der Waals surface area contributed by atoms with Crippen LogP contribution in [0.4, 0.5) is 4.79 Å². The number of tetrazole rings is 1. The molecule has 5 atom stereocenters. The molecule has 47 heavy (non-hydrogen) atoms. The van der Waals surface area contributed by atoms with Gasteiger partial charge in [0.1, 0.15) is 23.2 Å². The fourth-order valence-electron chi connectivity index (χ4n) is 5.78. The molecule has 1 aromatic carbocycles. The standard InChI is InChI=1S/C33H41N7O6S/c1-8-21-17-33(21,29(43)44)35-27(41)23-16-22(18-39(23)28(42)25(31(2,3)4)34-30(45)46-32(5,6)7)40-37-26(36-38-40)20-12-9-11-19(15-20)24-13-10-14-47-24/h8-15,21-23,25H,1,16-18H2,2-7H3,(H,34,45)(H,35,41)(H,43,44). The third kappa shape index (κ3) is 7.22. The Hall–Kier alpha value is -4.59. The minimum absolute atomic E-state index is 0.0233. The summed E-state index contributed by atoms with van der Waals surface area (Å²) in [6.45, 7) is 14.3. The van der Waals surface area contributed by atoms with Crippen molar-refractivity contribution in [2.75, 3.05) is 6.54 Å². The minimum Gasteiger partial charge on any atom is -0.479 e. The molecule has 250 valence electrons. The van der Waals surface area contributed by atoms with Gasteiger partial charge in [0, 0.05) is 29.3 Å². The third-order valence-electron chi connectivity index (χ3n) is 8.35. The molecule has 2 aromatic heterocycles. The van der Waals surface area contributed by atoms with Gasteiger partial charge in [0.15, 0.2) is 0 Å². The molecule has 13 nitrogen and oxygen atoms in total. The van der Waals surface area contributed by atoms with Crippen LogP contribution in [0.2, 0.25) is 0 Å². The first kappa shape index (κ1) is 33.8. The molecule has 14 heteroatoms. The smallest absolute Gasteiger partial charge is 0.408 e. The number of benzene rings is 1. The van der Waals surface area contributed by atoms with E-state index in [0.29, 0.717) is 5.82 Å². The number of carboxylic acids is 1. The zero-order valence-corrected chi connectivity index (χ0v) is 28.2. The highest BCUT2D eigenvalue weighted by atomic mass is 32.1. The quantitative estimate of drug-likeness (QED) is 0.283. The van der Waals surface area contributed by atoms with Gasteiger partial charge in [0.05, 0.1) is 6.04 Å². The van der Waals surface area contributed by atoms with E-state index in [4.69, 9.17) is 4.74 Å². The number of carbonyl (C=O) groups excluding carboxylic acids is 3. The maximum Gasteiger partial charge on any atom is 0.408 e. The Bertz CT molecular complexity index is 1670. The monoisotopic (exact) mass is 663 g/mol. The van der Waals surface area contributed by atoms with Crippen molar-refractivity contribution in [2.45, 2.75) is 83.6 Å². The second-order valence-electron chi connectivity index (χ2n) is 14.1. The predicted octanol–water partition coefficient (Wildman–Crippen LogP) is 4.30. The second kappa shape index (κ2) is 12.5. The zero-order valence-electron chi connectivity index (χ0n) is 27.4. The molecule has 0 spiro atoms. The molecule has 5 rings (SSSR count). The van der Waals surface area contributed by atoms with E-state index in [1.54, 1.807) is 52.9 Å². The Morgan fingerprint density at radius 1 is 1.13 bits per heavy atom. The highest BCUT2D eigenvalue weighted by Crippen LogP contribution is 2.45. The fourth-order valence-corrected chi connectivity index (χ4v) is 6.51. The van der Waals surface area contributed by atoms with Crippen molar-refractivity contribution in [3.05, 3.63) is 54.4 Å². The van der Waals surface area contributed by atoms with Gasteiger partial charge >= 0.3 is 12.1 Å². The first-order valence-electron chi connectivity index (χ1n) is 15.4. The number of carboxylic acid groups (broad SMARTS) is 1. The molecule has 0 bridgehead atoms. The molecule has 2 fully saturated rings. The molecule has 1 aliphatic heterocycles. The van der Waals surface area contributed by atoms with Crippen LogP contribution >= 0.6 is 11.3 Å². The van der Waals surface area contributed by atoms with Crippen LogP contribution in [-0.4, -0.2) is 83.9 Å².